The van der Waals surface area contributed by atoms with Gasteiger partial charge in [-0.1, -0.05) is 0 Å². The molecule has 30 saturated heterocycles. The highest BCUT2D eigenvalue weighted by molar-refractivity contribution is 5.04. The van der Waals surface area contributed by atoms with Gasteiger partial charge in [0, 0.05) is 105 Å². The lowest BCUT2D eigenvalue weighted by Gasteiger charge is -2.51. The maximum absolute atomic E-state index is 12.1. The average molecular weight is 1640 g/mol. The maximum atomic E-state index is 12.1. The predicted octanol–water partition coefficient (Wildman–Crippen LogP) is -20.7. The van der Waals surface area contributed by atoms with E-state index in [0.717, 1.165) is 0 Å². The summed E-state index contributed by atoms with van der Waals surface area (Å²) >= 11 is 0. The molecular weight excluding hydrogens is 1520 g/mol. The molecule has 0 amide bonds. The number of hydrogen-bond acceptors (Lipinski definition) is 48. The summed E-state index contributed by atoms with van der Waals surface area (Å²) in [4.78, 5) is 0. The standard InChI is InChI=1S/C64H120N8O40/c73-9-1-65-17-25-49-33(81)41(89)57(97-25)106-50-26(18-66-2-10-74)99-59(43(91)35(50)83)108-52-28(20-68-4-12-76)101-61(45(93)37(52)85)110-54-30(22-70-6-14-78)103-63(47(95)39(54)87)112-56-32(24-72-8-16-80)104-64(48(96)40(56)88)111-55-31(23-71-7-15-79)102-62(46(94)38(55)86)109-53-29(21-69-5-13-77)100-60(44(92)36(53)84)107-51-27(19-67-3-11-75)98-58(105-49)42(90)34(51)82/h25-96H,1-24H2/t25-,26-,27-,28-,29-,30-,31-,32-,33-,34-,35-,36-,37-,38-,39-,40-,41-,42-,43-,44-,45+,46+,47+,48+,49-,50-,51-,52-,53-,54-,55-,56-,57-,58-,59-,60-,61-,62-,63-,64-/m1/s1. The highest BCUT2D eigenvalue weighted by atomic mass is 16.8. The summed E-state index contributed by atoms with van der Waals surface area (Å²) in [6.45, 7) is -7.26. The van der Waals surface area contributed by atoms with Crippen molar-refractivity contribution in [3.8, 4) is 0 Å². The summed E-state index contributed by atoms with van der Waals surface area (Å²) in [6.07, 6.45) is -76.8. The van der Waals surface area contributed by atoms with Gasteiger partial charge in [-0.15, -0.1) is 0 Å². The Labute approximate surface area is 642 Å². The first-order chi connectivity index (χ1) is 53.9. The molecule has 30 fully saturated rings. The van der Waals surface area contributed by atoms with E-state index in [-0.39, 0.29) is 105 Å². The Bertz CT molecular complexity index is 2120. The Hall–Kier alpha value is -1.92. The molecule has 0 radical (unpaired) electrons. The minimum atomic E-state index is -2.19. The molecule has 16 bridgehead atoms. The molecule has 30 aliphatic heterocycles. The van der Waals surface area contributed by atoms with Gasteiger partial charge in [-0.3, -0.25) is 0 Å². The van der Waals surface area contributed by atoms with Crippen LogP contribution < -0.4 is 42.5 Å². The second kappa shape index (κ2) is 46.2. The molecule has 48 nitrogen and oxygen atoms in total. The van der Waals surface area contributed by atoms with E-state index in [1.54, 1.807) is 0 Å². The van der Waals surface area contributed by atoms with Crippen molar-refractivity contribution < 1.29 is 198 Å². The quantitative estimate of drug-likeness (QED) is 0.0278. The molecule has 40 atom stereocenters. The molecule has 656 valence electrons. The first kappa shape index (κ1) is 93.9. The lowest BCUT2D eigenvalue weighted by Crippen LogP contribution is -2.70. The number of aliphatic hydroxyl groups is 24. The zero-order valence-electron chi connectivity index (χ0n) is 61.3. The Balaban J connectivity index is 1.07. The molecule has 0 aromatic rings. The predicted molar refractivity (Wildman–Crippen MR) is 364 cm³/mol. The fourth-order valence-electron chi connectivity index (χ4n) is 14.6. The minimum Gasteiger partial charge on any atom is -0.395 e. The molecular formula is C64H120N8O40. The summed E-state index contributed by atoms with van der Waals surface area (Å²) in [5.41, 5.74) is 0. The van der Waals surface area contributed by atoms with Crippen molar-refractivity contribution in [2.45, 2.75) is 246 Å². The van der Waals surface area contributed by atoms with Crippen molar-refractivity contribution in [3.05, 3.63) is 0 Å². The highest BCUT2D eigenvalue weighted by Gasteiger charge is 2.61. The van der Waals surface area contributed by atoms with E-state index < -0.39 is 299 Å². The van der Waals surface area contributed by atoms with Gasteiger partial charge in [0.1, 0.15) is 195 Å². The van der Waals surface area contributed by atoms with Crippen molar-refractivity contribution in [1.82, 2.24) is 42.5 Å². The van der Waals surface area contributed by atoms with Crippen LogP contribution in [0.25, 0.3) is 0 Å². The van der Waals surface area contributed by atoms with Gasteiger partial charge in [-0.25, -0.2) is 0 Å². The molecule has 0 aromatic carbocycles. The van der Waals surface area contributed by atoms with E-state index >= 15 is 0 Å². The summed E-state index contributed by atoms with van der Waals surface area (Å²) in [7, 11) is 0. The third kappa shape index (κ3) is 23.4. The van der Waals surface area contributed by atoms with Crippen LogP contribution in [0.15, 0.2) is 0 Å². The van der Waals surface area contributed by atoms with Crippen molar-refractivity contribution in [1.29, 1.82) is 0 Å². The smallest absolute Gasteiger partial charge is 0.187 e. The molecule has 112 heavy (non-hydrogen) atoms. The van der Waals surface area contributed by atoms with Gasteiger partial charge in [-0.05, 0) is 0 Å². The largest absolute Gasteiger partial charge is 0.395 e. The van der Waals surface area contributed by atoms with Gasteiger partial charge in [0.25, 0.3) is 0 Å². The number of aliphatic hydroxyl groups excluding tert-OH is 24. The van der Waals surface area contributed by atoms with Crippen LogP contribution >= 0.6 is 0 Å². The fourth-order valence-corrected chi connectivity index (χ4v) is 14.6. The second-order valence-corrected chi connectivity index (χ2v) is 28.4. The van der Waals surface area contributed by atoms with E-state index in [1.165, 1.54) is 0 Å². The van der Waals surface area contributed by atoms with Crippen molar-refractivity contribution >= 4 is 0 Å². The van der Waals surface area contributed by atoms with Gasteiger partial charge >= 0.3 is 0 Å². The molecule has 0 unspecified atom stereocenters. The summed E-state index contributed by atoms with van der Waals surface area (Å²) < 4.78 is 99.6. The highest BCUT2D eigenvalue weighted by Crippen LogP contribution is 2.40. The van der Waals surface area contributed by atoms with E-state index in [2.05, 4.69) is 42.5 Å². The number of ether oxygens (including phenoxy) is 16. The van der Waals surface area contributed by atoms with E-state index in [4.69, 9.17) is 75.8 Å². The minimum absolute atomic E-state index is 0.109. The van der Waals surface area contributed by atoms with Crippen LogP contribution in [0.5, 0.6) is 0 Å². The van der Waals surface area contributed by atoms with Gasteiger partial charge < -0.3 is 241 Å². The molecule has 0 aliphatic carbocycles. The van der Waals surface area contributed by atoms with E-state index in [9.17, 15) is 123 Å². The lowest BCUT2D eigenvalue weighted by atomic mass is 9.94. The molecule has 30 aliphatic rings. The molecule has 0 saturated carbocycles. The zero-order chi connectivity index (χ0) is 81.0. The van der Waals surface area contributed by atoms with Crippen molar-refractivity contribution in [2.24, 2.45) is 0 Å². The van der Waals surface area contributed by atoms with Crippen LogP contribution in [-0.4, -0.2) is 526 Å². The van der Waals surface area contributed by atoms with Crippen LogP contribution in [0.2, 0.25) is 0 Å². The van der Waals surface area contributed by atoms with Crippen molar-refractivity contribution in [2.75, 3.05) is 158 Å². The third-order valence-electron chi connectivity index (χ3n) is 20.5. The number of rotatable bonds is 32. The van der Waals surface area contributed by atoms with Crippen LogP contribution in [0.3, 0.4) is 0 Å². The topological polar surface area (TPSA) is 729 Å². The molecule has 0 spiro atoms. The Morgan fingerprint density at radius 3 is 0.330 bits per heavy atom. The van der Waals surface area contributed by atoms with Crippen LogP contribution in [0.1, 0.15) is 0 Å². The zero-order valence-corrected chi connectivity index (χ0v) is 61.3. The molecule has 0 aromatic heterocycles. The molecule has 48 heteroatoms. The normalized spacial score (nSPS) is 46.1. The van der Waals surface area contributed by atoms with Crippen LogP contribution in [-0.2, 0) is 75.8 Å². The lowest BCUT2D eigenvalue weighted by molar-refractivity contribution is -0.399. The average Bonchev–Trinajstić information content (AvgIpc) is 0.771. The van der Waals surface area contributed by atoms with E-state index in [0.29, 0.717) is 0 Å². The number of nitrogens with one attached hydrogen (secondary N) is 8. The first-order valence-electron chi connectivity index (χ1n) is 37.8. The monoisotopic (exact) mass is 1640 g/mol. The molecule has 32 N–H and O–H groups in total. The fraction of sp³-hybridized carbons (Fsp3) is 1.00. The number of hydrogen-bond donors (Lipinski definition) is 32. The van der Waals surface area contributed by atoms with Gasteiger partial charge in [0.15, 0.2) is 50.3 Å². The third-order valence-corrected chi connectivity index (χ3v) is 20.5. The molecule has 30 heterocycles. The van der Waals surface area contributed by atoms with Crippen molar-refractivity contribution in [3.63, 3.8) is 0 Å². The Kier molecular flexibility index (Phi) is 38.7. The van der Waals surface area contributed by atoms with Gasteiger partial charge in [0.05, 0.1) is 52.9 Å². The summed E-state index contributed by atoms with van der Waals surface area (Å²) in [5.74, 6) is 0. The molecule has 30 rings (SSSR count). The summed E-state index contributed by atoms with van der Waals surface area (Å²) in [5, 5.41) is 294. The second-order valence-electron chi connectivity index (χ2n) is 28.4. The first-order valence-corrected chi connectivity index (χ1v) is 37.8. The summed E-state index contributed by atoms with van der Waals surface area (Å²) in [6, 6.07) is 0. The van der Waals surface area contributed by atoms with Gasteiger partial charge in [-0.2, -0.15) is 0 Å². The van der Waals surface area contributed by atoms with Crippen LogP contribution in [0.4, 0.5) is 0 Å². The van der Waals surface area contributed by atoms with Crippen LogP contribution in [0, 0.1) is 0 Å². The van der Waals surface area contributed by atoms with Gasteiger partial charge in [0.2, 0.25) is 0 Å². The Morgan fingerprint density at radius 1 is 0.143 bits per heavy atom. The van der Waals surface area contributed by atoms with E-state index in [1.807, 2.05) is 0 Å². The SMILES string of the molecule is OCCNC[C@H]1O[C@@H]2O[C@H]3[C@H](O)[C@H](O)[C@@H](O[C@H]4[C@H](O)[C@@H](O)[C@@H](O[C@H]5[C@H](O)[C@@H](O)[C@@H](O[C@H]6[C@H](O)[C@@H](O)[C@@H](O[C@H]7[C@H](O)[C@@H](O)[C@@H](O[C@H]8[C@H](O)[C@H](O)[C@@H](O[C@H]9[C@H](O)[C@H](O)[C@@H](O[C@H]1[C@H](O)[C@@H]2O)O[C@@H]9CNCCO)O[C@@H]8CNCCO)O[C@@H]7CNCCO)O[C@@H]6CNCCO)O[C@@H]5CNCCO)O[C@@H]4CNCCO)O[C@@H]3CNCCO. The Morgan fingerprint density at radius 2 is 0.241 bits per heavy atom. The maximum Gasteiger partial charge on any atom is 0.187 e.